The number of piperidine rings is 1. The minimum atomic E-state index is -3.28. The van der Waals surface area contributed by atoms with Gasteiger partial charge in [-0.3, -0.25) is 19.3 Å². The molecular weight excluding hydrogens is 474 g/mol. The van der Waals surface area contributed by atoms with E-state index in [-0.39, 0.29) is 11.6 Å². The molecule has 0 amide bonds. The second-order valence-electron chi connectivity index (χ2n) is 8.31. The topological polar surface area (TPSA) is 98.1 Å². The van der Waals surface area contributed by atoms with Crippen molar-refractivity contribution in [3.05, 3.63) is 76.4 Å². The maximum atomic E-state index is 13.9. The van der Waals surface area contributed by atoms with Crippen LogP contribution in [0.2, 0.25) is 5.02 Å². The number of hydrogen-bond acceptors (Lipinski definition) is 6. The lowest BCUT2D eigenvalue weighted by atomic mass is 10.0. The van der Waals surface area contributed by atoms with Crippen LogP contribution in [0.3, 0.4) is 0 Å². The number of nitrogens with zero attached hydrogens (tertiary/aromatic N) is 5. The van der Waals surface area contributed by atoms with Crippen LogP contribution in [-0.2, 0) is 10.0 Å². The Morgan fingerprint density at radius 3 is 2.38 bits per heavy atom. The normalized spacial score (nSPS) is 15.6. The Morgan fingerprint density at radius 2 is 1.74 bits per heavy atom. The van der Waals surface area contributed by atoms with Crippen LogP contribution in [0, 0.1) is 0 Å². The number of fused-ring (bicyclic) bond motifs is 1. The molecule has 8 nitrogen and oxygen atoms in total. The highest BCUT2D eigenvalue weighted by Gasteiger charge is 2.29. The summed E-state index contributed by atoms with van der Waals surface area (Å²) in [5.41, 5.74) is 2.41. The third-order valence-corrected chi connectivity index (χ3v) is 7.67. The zero-order chi connectivity index (χ0) is 23.9. The van der Waals surface area contributed by atoms with E-state index in [9.17, 15) is 13.2 Å². The van der Waals surface area contributed by atoms with E-state index in [0.29, 0.717) is 53.4 Å². The van der Waals surface area contributed by atoms with Gasteiger partial charge in [0.15, 0.2) is 0 Å². The van der Waals surface area contributed by atoms with Gasteiger partial charge in [0.2, 0.25) is 10.0 Å². The molecule has 0 saturated carbocycles. The maximum absolute atomic E-state index is 13.9. The average molecular weight is 496 g/mol. The van der Waals surface area contributed by atoms with Crippen molar-refractivity contribution in [1.29, 1.82) is 0 Å². The number of pyridine rings is 2. The molecule has 0 radical (unpaired) electrons. The Hall–Kier alpha value is -3.14. The van der Waals surface area contributed by atoms with Crippen molar-refractivity contribution >= 4 is 32.5 Å². The van der Waals surface area contributed by atoms with Crippen molar-refractivity contribution in [2.24, 2.45) is 0 Å². The molecule has 1 saturated heterocycles. The van der Waals surface area contributed by atoms with Crippen molar-refractivity contribution in [2.45, 2.75) is 18.9 Å². The van der Waals surface area contributed by atoms with Crippen LogP contribution in [0.15, 0.2) is 65.8 Å². The van der Waals surface area contributed by atoms with Crippen molar-refractivity contribution in [2.75, 3.05) is 19.3 Å². The van der Waals surface area contributed by atoms with E-state index in [4.69, 9.17) is 16.6 Å². The molecule has 1 aromatic carbocycles. The highest BCUT2D eigenvalue weighted by Crippen LogP contribution is 2.31. The summed E-state index contributed by atoms with van der Waals surface area (Å²) in [5, 5.41) is 1.04. The van der Waals surface area contributed by atoms with E-state index in [2.05, 4.69) is 9.97 Å². The number of benzene rings is 1. The highest BCUT2D eigenvalue weighted by molar-refractivity contribution is 7.88. The first-order valence-electron chi connectivity index (χ1n) is 10.9. The van der Waals surface area contributed by atoms with Crippen LogP contribution < -0.4 is 5.56 Å². The van der Waals surface area contributed by atoms with Crippen LogP contribution in [0.5, 0.6) is 0 Å². The molecule has 174 valence electrons. The first kappa shape index (κ1) is 22.6. The van der Waals surface area contributed by atoms with E-state index >= 15 is 0 Å². The van der Waals surface area contributed by atoms with E-state index in [1.54, 1.807) is 41.4 Å². The Morgan fingerprint density at radius 1 is 1.00 bits per heavy atom. The lowest BCUT2D eigenvalue weighted by molar-refractivity contribution is 0.272. The summed E-state index contributed by atoms with van der Waals surface area (Å²) < 4.78 is 27.1. The molecule has 0 spiro atoms. The molecule has 0 aliphatic carbocycles. The zero-order valence-electron chi connectivity index (χ0n) is 18.4. The van der Waals surface area contributed by atoms with Gasteiger partial charge in [0, 0.05) is 53.9 Å². The summed E-state index contributed by atoms with van der Waals surface area (Å²) in [4.78, 5) is 27.5. The van der Waals surface area contributed by atoms with Crippen LogP contribution in [0.25, 0.3) is 33.5 Å². The zero-order valence-corrected chi connectivity index (χ0v) is 20.0. The van der Waals surface area contributed by atoms with Crippen molar-refractivity contribution in [3.8, 4) is 22.6 Å². The molecule has 34 heavy (non-hydrogen) atoms. The number of rotatable bonds is 4. The summed E-state index contributed by atoms with van der Waals surface area (Å²) >= 11 is 6.11. The van der Waals surface area contributed by atoms with Crippen molar-refractivity contribution in [1.82, 2.24) is 23.8 Å². The third kappa shape index (κ3) is 4.22. The Kier molecular flexibility index (Phi) is 5.93. The molecule has 1 fully saturated rings. The van der Waals surface area contributed by atoms with Crippen LogP contribution in [0.1, 0.15) is 18.9 Å². The van der Waals surface area contributed by atoms with E-state index in [1.165, 1.54) is 10.6 Å². The molecule has 4 heterocycles. The van der Waals surface area contributed by atoms with Gasteiger partial charge in [-0.2, -0.15) is 0 Å². The standard InChI is InChI=1S/C24H22ClN5O3S/c1-34(32,33)29-13-9-19(10-14-29)30-23(16-4-6-18(25)7-5-16)28-22-20(24(30)31)8-12-27-21(22)17-3-2-11-26-15-17/h2-8,11-12,15,19H,9-10,13-14H2,1H3. The molecule has 4 aromatic rings. The molecule has 3 aromatic heterocycles. The molecule has 0 unspecified atom stereocenters. The van der Waals surface area contributed by atoms with Crippen LogP contribution in [-0.4, -0.2) is 51.6 Å². The van der Waals surface area contributed by atoms with Gasteiger partial charge in [0.05, 0.1) is 17.3 Å². The predicted molar refractivity (Wildman–Crippen MR) is 132 cm³/mol. The van der Waals surface area contributed by atoms with Crippen LogP contribution in [0.4, 0.5) is 0 Å². The molecule has 5 rings (SSSR count). The van der Waals surface area contributed by atoms with Crippen molar-refractivity contribution in [3.63, 3.8) is 0 Å². The average Bonchev–Trinajstić information content (AvgIpc) is 2.84. The molecule has 1 aliphatic rings. The molecular formula is C24H22ClN5O3S. The second kappa shape index (κ2) is 8.90. The minimum Gasteiger partial charge on any atom is -0.289 e. The second-order valence-corrected chi connectivity index (χ2v) is 10.7. The van der Waals surface area contributed by atoms with Gasteiger partial charge in [0.25, 0.3) is 5.56 Å². The van der Waals surface area contributed by atoms with Gasteiger partial charge < -0.3 is 0 Å². The lowest BCUT2D eigenvalue weighted by Crippen LogP contribution is -2.40. The highest BCUT2D eigenvalue weighted by atomic mass is 35.5. The van der Waals surface area contributed by atoms with Gasteiger partial charge in [0.1, 0.15) is 11.3 Å². The van der Waals surface area contributed by atoms with Gasteiger partial charge in [-0.25, -0.2) is 17.7 Å². The van der Waals surface area contributed by atoms with Gasteiger partial charge >= 0.3 is 0 Å². The number of hydrogen-bond donors (Lipinski definition) is 0. The lowest BCUT2D eigenvalue weighted by Gasteiger charge is -2.32. The Labute approximate surface area is 201 Å². The molecule has 0 atom stereocenters. The number of sulfonamides is 1. The molecule has 0 N–H and O–H groups in total. The third-order valence-electron chi connectivity index (χ3n) is 6.11. The largest absolute Gasteiger partial charge is 0.289 e. The smallest absolute Gasteiger partial charge is 0.262 e. The summed E-state index contributed by atoms with van der Waals surface area (Å²) in [6.07, 6.45) is 7.22. The fourth-order valence-corrected chi connectivity index (χ4v) is 5.41. The van der Waals surface area contributed by atoms with Gasteiger partial charge in [-0.05, 0) is 55.3 Å². The SMILES string of the molecule is CS(=O)(=O)N1CCC(n2c(-c3ccc(Cl)cc3)nc3c(-c4cccnc4)nccc3c2=O)CC1. The summed E-state index contributed by atoms with van der Waals surface area (Å²) in [7, 11) is -3.28. The number of halogens is 1. The summed E-state index contributed by atoms with van der Waals surface area (Å²) in [6.45, 7) is 0.705. The fraction of sp³-hybridized carbons (Fsp3) is 0.250. The Bertz CT molecular complexity index is 1510. The van der Waals surface area contributed by atoms with E-state index in [0.717, 1.165) is 11.1 Å². The minimum absolute atomic E-state index is 0.180. The predicted octanol–water partition coefficient (Wildman–Crippen LogP) is 3.77. The van der Waals surface area contributed by atoms with E-state index < -0.39 is 10.0 Å². The van der Waals surface area contributed by atoms with Crippen molar-refractivity contribution < 1.29 is 8.42 Å². The first-order chi connectivity index (χ1) is 16.3. The first-order valence-corrected chi connectivity index (χ1v) is 13.1. The van der Waals surface area contributed by atoms with Gasteiger partial charge in [-0.15, -0.1) is 0 Å². The maximum Gasteiger partial charge on any atom is 0.262 e. The Balaban J connectivity index is 1.72. The fourth-order valence-electron chi connectivity index (χ4n) is 4.41. The monoisotopic (exact) mass is 495 g/mol. The van der Waals surface area contributed by atoms with E-state index in [1.807, 2.05) is 24.3 Å². The molecule has 10 heteroatoms. The summed E-state index contributed by atoms with van der Waals surface area (Å²) in [6, 6.07) is 12.4. The van der Waals surface area contributed by atoms with Gasteiger partial charge in [-0.1, -0.05) is 11.6 Å². The van der Waals surface area contributed by atoms with Crippen LogP contribution >= 0.6 is 11.6 Å². The molecule has 0 bridgehead atoms. The number of aromatic nitrogens is 4. The quantitative estimate of drug-likeness (QED) is 0.427. The summed E-state index contributed by atoms with van der Waals surface area (Å²) in [5.74, 6) is 0.505. The molecule has 1 aliphatic heterocycles.